The maximum Gasteiger partial charge on any atom is 0.221 e. The Kier molecular flexibility index (Phi) is 5.59. The summed E-state index contributed by atoms with van der Waals surface area (Å²) in [5.41, 5.74) is 0. The molecule has 2 atom stereocenters. The monoisotopic (exact) mass is 276 g/mol. The van der Waals surface area contributed by atoms with Gasteiger partial charge in [-0.15, -0.1) is 0 Å². The molecule has 1 aliphatic rings. The molecule has 0 radical (unpaired) electrons. The molecule has 0 aliphatic carbocycles. The Bertz CT molecular complexity index is 381. The molecule has 1 amide bonds. The van der Waals surface area contributed by atoms with Crippen molar-refractivity contribution in [2.75, 3.05) is 25.1 Å². The Morgan fingerprint density at radius 3 is 2.67 bits per heavy atom. The van der Waals surface area contributed by atoms with Crippen molar-refractivity contribution in [1.29, 1.82) is 0 Å². The van der Waals surface area contributed by atoms with Crippen LogP contribution in [0, 0.1) is 0 Å². The summed E-state index contributed by atoms with van der Waals surface area (Å²) in [5, 5.41) is 2.91. The van der Waals surface area contributed by atoms with Gasteiger partial charge in [-0.05, 0) is 26.8 Å². The summed E-state index contributed by atoms with van der Waals surface area (Å²) in [6.07, 6.45) is 2.03. The van der Waals surface area contributed by atoms with Crippen molar-refractivity contribution in [2.45, 2.75) is 45.2 Å². The second-order valence-corrected chi connectivity index (χ2v) is 7.39. The number of carbonyl (C=O) groups excluding carboxylic acids is 1. The minimum atomic E-state index is -2.84. The molecular formula is C12H24N2O3S. The maximum absolute atomic E-state index is 11.6. The number of sulfone groups is 1. The molecule has 1 N–H and O–H groups in total. The van der Waals surface area contributed by atoms with E-state index in [4.69, 9.17) is 0 Å². The number of nitrogens with one attached hydrogen (secondary N) is 1. The minimum absolute atomic E-state index is 0.0389. The fourth-order valence-electron chi connectivity index (χ4n) is 2.03. The summed E-state index contributed by atoms with van der Waals surface area (Å²) >= 11 is 0. The first-order valence-electron chi connectivity index (χ1n) is 6.54. The van der Waals surface area contributed by atoms with Crippen LogP contribution >= 0.6 is 0 Å². The molecule has 18 heavy (non-hydrogen) atoms. The Labute approximate surface area is 110 Å². The minimum Gasteiger partial charge on any atom is -0.354 e. The predicted molar refractivity (Wildman–Crippen MR) is 72.2 cm³/mol. The summed E-state index contributed by atoms with van der Waals surface area (Å²) in [4.78, 5) is 13.6. The van der Waals surface area contributed by atoms with Crippen molar-refractivity contribution in [2.24, 2.45) is 0 Å². The van der Waals surface area contributed by atoms with E-state index in [-0.39, 0.29) is 29.5 Å². The molecule has 0 spiro atoms. The van der Waals surface area contributed by atoms with Gasteiger partial charge in [0.25, 0.3) is 0 Å². The van der Waals surface area contributed by atoms with Crippen LogP contribution in [0.3, 0.4) is 0 Å². The van der Waals surface area contributed by atoms with Gasteiger partial charge in [0, 0.05) is 25.0 Å². The SMILES string of the molecule is CCC(C)NC(=O)CCN(C)C1CCS(=O)(=O)C1. The van der Waals surface area contributed by atoms with Crippen LogP contribution < -0.4 is 5.32 Å². The fourth-order valence-corrected chi connectivity index (χ4v) is 3.84. The molecule has 1 aliphatic heterocycles. The second kappa shape index (κ2) is 6.52. The first-order valence-corrected chi connectivity index (χ1v) is 8.36. The van der Waals surface area contributed by atoms with Gasteiger partial charge in [0.15, 0.2) is 9.84 Å². The summed E-state index contributed by atoms with van der Waals surface area (Å²) in [5.74, 6) is 0.550. The van der Waals surface area contributed by atoms with E-state index in [1.807, 2.05) is 25.8 Å². The van der Waals surface area contributed by atoms with E-state index in [0.717, 1.165) is 6.42 Å². The lowest BCUT2D eigenvalue weighted by Gasteiger charge is -2.23. The van der Waals surface area contributed by atoms with E-state index in [1.54, 1.807) is 0 Å². The first kappa shape index (κ1) is 15.4. The molecule has 1 rings (SSSR count). The highest BCUT2D eigenvalue weighted by atomic mass is 32.2. The lowest BCUT2D eigenvalue weighted by atomic mass is 10.2. The molecule has 0 bridgehead atoms. The summed E-state index contributed by atoms with van der Waals surface area (Å²) < 4.78 is 22.7. The molecule has 0 aromatic rings. The number of hydrogen-bond donors (Lipinski definition) is 1. The molecule has 106 valence electrons. The van der Waals surface area contributed by atoms with E-state index >= 15 is 0 Å². The smallest absolute Gasteiger partial charge is 0.221 e. The zero-order chi connectivity index (χ0) is 13.8. The topological polar surface area (TPSA) is 66.5 Å². The molecule has 0 aromatic heterocycles. The van der Waals surface area contributed by atoms with Crippen molar-refractivity contribution in [3.63, 3.8) is 0 Å². The van der Waals surface area contributed by atoms with Crippen LogP contribution in [0.4, 0.5) is 0 Å². The predicted octanol–water partition coefficient (Wildman–Crippen LogP) is 0.410. The van der Waals surface area contributed by atoms with Gasteiger partial charge in [0.2, 0.25) is 5.91 Å². The van der Waals surface area contributed by atoms with Crippen LogP contribution in [-0.2, 0) is 14.6 Å². The third kappa shape index (κ3) is 4.94. The van der Waals surface area contributed by atoms with Crippen LogP contribution in [0.2, 0.25) is 0 Å². The van der Waals surface area contributed by atoms with E-state index in [2.05, 4.69) is 5.32 Å². The third-order valence-corrected chi connectivity index (χ3v) is 5.29. The molecule has 1 heterocycles. The summed E-state index contributed by atoms with van der Waals surface area (Å²) in [6, 6.07) is 0.279. The third-order valence-electron chi connectivity index (χ3n) is 3.54. The van der Waals surface area contributed by atoms with Gasteiger partial charge in [-0.25, -0.2) is 8.42 Å². The Balaban J connectivity index is 2.29. The average Bonchev–Trinajstić information content (AvgIpc) is 2.66. The summed E-state index contributed by atoms with van der Waals surface area (Å²) in [7, 11) is -0.953. The van der Waals surface area contributed by atoms with Gasteiger partial charge in [-0.1, -0.05) is 6.92 Å². The van der Waals surface area contributed by atoms with E-state index in [1.165, 1.54) is 0 Å². The van der Waals surface area contributed by atoms with Gasteiger partial charge in [-0.2, -0.15) is 0 Å². The van der Waals surface area contributed by atoms with Crippen LogP contribution in [-0.4, -0.2) is 56.4 Å². The average molecular weight is 276 g/mol. The standard InChI is InChI=1S/C12H24N2O3S/c1-4-10(2)13-12(15)5-7-14(3)11-6-8-18(16,17)9-11/h10-11H,4-9H2,1-3H3,(H,13,15). The van der Waals surface area contributed by atoms with E-state index in [0.29, 0.717) is 19.4 Å². The Morgan fingerprint density at radius 1 is 1.50 bits per heavy atom. The number of rotatable bonds is 6. The normalized spacial score (nSPS) is 24.1. The lowest BCUT2D eigenvalue weighted by molar-refractivity contribution is -0.122. The molecule has 6 heteroatoms. The van der Waals surface area contributed by atoms with E-state index in [9.17, 15) is 13.2 Å². The maximum atomic E-state index is 11.6. The number of nitrogens with zero attached hydrogens (tertiary/aromatic N) is 1. The van der Waals surface area contributed by atoms with Crippen molar-refractivity contribution in [1.82, 2.24) is 10.2 Å². The molecule has 1 fully saturated rings. The van der Waals surface area contributed by atoms with Crippen molar-refractivity contribution < 1.29 is 13.2 Å². The zero-order valence-electron chi connectivity index (χ0n) is 11.5. The quantitative estimate of drug-likeness (QED) is 0.763. The number of hydrogen-bond acceptors (Lipinski definition) is 4. The molecule has 2 unspecified atom stereocenters. The van der Waals surface area contributed by atoms with Crippen LogP contribution in [0.25, 0.3) is 0 Å². The second-order valence-electron chi connectivity index (χ2n) is 5.16. The van der Waals surface area contributed by atoms with Crippen molar-refractivity contribution >= 4 is 15.7 Å². The van der Waals surface area contributed by atoms with Crippen LogP contribution in [0.15, 0.2) is 0 Å². The fraction of sp³-hybridized carbons (Fsp3) is 0.917. The van der Waals surface area contributed by atoms with Gasteiger partial charge in [0.1, 0.15) is 0 Å². The van der Waals surface area contributed by atoms with Crippen molar-refractivity contribution in [3.05, 3.63) is 0 Å². The first-order chi connectivity index (χ1) is 8.34. The van der Waals surface area contributed by atoms with Crippen molar-refractivity contribution in [3.8, 4) is 0 Å². The summed E-state index contributed by atoms with van der Waals surface area (Å²) in [6.45, 7) is 4.62. The van der Waals surface area contributed by atoms with E-state index < -0.39 is 9.84 Å². The largest absolute Gasteiger partial charge is 0.354 e. The highest BCUT2D eigenvalue weighted by molar-refractivity contribution is 7.91. The number of carbonyl (C=O) groups is 1. The van der Waals surface area contributed by atoms with Crippen LogP contribution in [0.5, 0.6) is 0 Å². The van der Waals surface area contributed by atoms with Gasteiger partial charge < -0.3 is 10.2 Å². The van der Waals surface area contributed by atoms with Gasteiger partial charge in [0.05, 0.1) is 11.5 Å². The molecule has 0 saturated carbocycles. The molecule has 1 saturated heterocycles. The Morgan fingerprint density at radius 2 is 2.17 bits per heavy atom. The molecule has 5 nitrogen and oxygen atoms in total. The number of amides is 1. The Hall–Kier alpha value is -0.620. The van der Waals surface area contributed by atoms with Crippen LogP contribution in [0.1, 0.15) is 33.1 Å². The van der Waals surface area contributed by atoms with Gasteiger partial charge >= 0.3 is 0 Å². The lowest BCUT2D eigenvalue weighted by Crippen LogP contribution is -2.38. The molecule has 0 aromatic carbocycles. The molecular weight excluding hydrogens is 252 g/mol. The van der Waals surface area contributed by atoms with Gasteiger partial charge in [-0.3, -0.25) is 4.79 Å². The highest BCUT2D eigenvalue weighted by Crippen LogP contribution is 2.16. The zero-order valence-corrected chi connectivity index (χ0v) is 12.3. The highest BCUT2D eigenvalue weighted by Gasteiger charge is 2.30.